The van der Waals surface area contributed by atoms with Crippen molar-refractivity contribution in [1.82, 2.24) is 19.8 Å². The molecule has 1 aliphatic heterocycles. The molecule has 6 nitrogen and oxygen atoms in total. The van der Waals surface area contributed by atoms with Crippen molar-refractivity contribution in [3.8, 4) is 0 Å². The first-order valence-corrected chi connectivity index (χ1v) is 8.87. The van der Waals surface area contributed by atoms with Crippen molar-refractivity contribution in [1.29, 1.82) is 0 Å². The normalized spacial score (nSPS) is 17.2. The molecule has 1 aromatic heterocycles. The molecule has 1 N–H and O–H groups in total. The molecule has 0 radical (unpaired) electrons. The second-order valence-electron chi connectivity index (χ2n) is 6.08. The predicted octanol–water partition coefficient (Wildman–Crippen LogP) is 2.22. The van der Waals surface area contributed by atoms with Gasteiger partial charge >= 0.3 is 0 Å². The van der Waals surface area contributed by atoms with Gasteiger partial charge in [0.2, 0.25) is 5.91 Å². The van der Waals surface area contributed by atoms with Crippen molar-refractivity contribution in [3.63, 3.8) is 0 Å². The van der Waals surface area contributed by atoms with Crippen LogP contribution in [0, 0.1) is 0 Å². The number of likely N-dealkylation sites (tertiary alicyclic amines) is 1. The minimum atomic E-state index is -0.279. The van der Waals surface area contributed by atoms with Gasteiger partial charge in [0.05, 0.1) is 6.04 Å². The van der Waals surface area contributed by atoms with E-state index in [1.807, 2.05) is 24.3 Å². The Bertz CT molecular complexity index is 920. The fraction of sp³-hybridized carbons (Fsp3) is 0.222. The molecule has 126 valence electrons. The minimum absolute atomic E-state index is 0.0506. The summed E-state index contributed by atoms with van der Waals surface area (Å²) in [7, 11) is 0. The standard InChI is InChI=1S/C18H16N4O2S/c23-17-8-14(19-18(24)16-11-25-21-20-16)10-22(17)9-13-6-3-5-12-4-1-2-7-15(12)13/h1-7,11,14H,8-10H2,(H,19,24)/t14-/m0/s1. The van der Waals surface area contributed by atoms with Gasteiger partial charge in [-0.1, -0.05) is 47.0 Å². The van der Waals surface area contributed by atoms with Crippen molar-refractivity contribution in [2.45, 2.75) is 19.0 Å². The number of hydrogen-bond acceptors (Lipinski definition) is 5. The fourth-order valence-electron chi connectivity index (χ4n) is 3.18. The van der Waals surface area contributed by atoms with Crippen molar-refractivity contribution in [2.75, 3.05) is 6.54 Å². The number of nitrogens with zero attached hydrogens (tertiary/aromatic N) is 3. The molecule has 1 aliphatic rings. The quantitative estimate of drug-likeness (QED) is 0.781. The van der Waals surface area contributed by atoms with Crippen LogP contribution in [0.4, 0.5) is 0 Å². The summed E-state index contributed by atoms with van der Waals surface area (Å²) < 4.78 is 3.69. The van der Waals surface area contributed by atoms with Gasteiger partial charge in [-0.15, -0.1) is 5.10 Å². The van der Waals surface area contributed by atoms with Gasteiger partial charge in [-0.05, 0) is 27.9 Å². The van der Waals surface area contributed by atoms with E-state index in [9.17, 15) is 9.59 Å². The maximum Gasteiger partial charge on any atom is 0.273 e. The molecule has 0 unspecified atom stereocenters. The number of hydrogen-bond donors (Lipinski definition) is 1. The zero-order valence-electron chi connectivity index (χ0n) is 13.4. The van der Waals surface area contributed by atoms with Crippen LogP contribution in [-0.4, -0.2) is 38.9 Å². The van der Waals surface area contributed by atoms with Crippen molar-refractivity contribution < 1.29 is 9.59 Å². The van der Waals surface area contributed by atoms with E-state index in [-0.39, 0.29) is 17.9 Å². The molecule has 7 heteroatoms. The van der Waals surface area contributed by atoms with E-state index >= 15 is 0 Å². The lowest BCUT2D eigenvalue weighted by molar-refractivity contribution is -0.128. The van der Waals surface area contributed by atoms with Crippen LogP contribution in [0.3, 0.4) is 0 Å². The predicted molar refractivity (Wildman–Crippen MR) is 95.1 cm³/mol. The van der Waals surface area contributed by atoms with Gasteiger partial charge in [0, 0.05) is 24.9 Å². The Labute approximate surface area is 148 Å². The third-order valence-corrected chi connectivity index (χ3v) is 4.89. The summed E-state index contributed by atoms with van der Waals surface area (Å²) >= 11 is 1.13. The zero-order valence-corrected chi connectivity index (χ0v) is 14.2. The summed E-state index contributed by atoms with van der Waals surface area (Å²) in [6, 6.07) is 14.1. The number of nitrogens with one attached hydrogen (secondary N) is 1. The molecule has 1 saturated heterocycles. The number of benzene rings is 2. The van der Waals surface area contributed by atoms with Crippen LogP contribution >= 0.6 is 11.5 Å². The summed E-state index contributed by atoms with van der Waals surface area (Å²) in [6.07, 6.45) is 0.314. The van der Waals surface area contributed by atoms with Gasteiger partial charge in [0.15, 0.2) is 5.69 Å². The molecule has 0 saturated carbocycles. The highest BCUT2D eigenvalue weighted by molar-refractivity contribution is 7.03. The Kier molecular flexibility index (Phi) is 4.15. The topological polar surface area (TPSA) is 75.2 Å². The van der Waals surface area contributed by atoms with Crippen LogP contribution in [0.25, 0.3) is 10.8 Å². The van der Waals surface area contributed by atoms with E-state index < -0.39 is 0 Å². The second kappa shape index (κ2) is 6.60. The zero-order chi connectivity index (χ0) is 17.2. The molecule has 0 aliphatic carbocycles. The Balaban J connectivity index is 1.46. The molecule has 3 aromatic rings. The van der Waals surface area contributed by atoms with E-state index in [0.29, 0.717) is 25.2 Å². The SMILES string of the molecule is O=C(N[C@H]1CC(=O)N(Cc2cccc3ccccc23)C1)c1csnn1. The van der Waals surface area contributed by atoms with Gasteiger partial charge < -0.3 is 10.2 Å². The Morgan fingerprint density at radius 3 is 2.92 bits per heavy atom. The lowest BCUT2D eigenvalue weighted by atomic mass is 10.0. The van der Waals surface area contributed by atoms with Gasteiger partial charge in [-0.3, -0.25) is 9.59 Å². The first-order chi connectivity index (χ1) is 12.2. The van der Waals surface area contributed by atoms with Crippen molar-refractivity contribution in [2.24, 2.45) is 0 Å². The van der Waals surface area contributed by atoms with Crippen molar-refractivity contribution >= 4 is 34.1 Å². The van der Waals surface area contributed by atoms with E-state index in [4.69, 9.17) is 0 Å². The molecule has 2 amide bonds. The van der Waals surface area contributed by atoms with E-state index in [1.54, 1.807) is 10.3 Å². The summed E-state index contributed by atoms with van der Waals surface area (Å²) in [5.41, 5.74) is 1.41. The molecular formula is C18H16N4O2S. The number of aromatic nitrogens is 2. The van der Waals surface area contributed by atoms with Crippen LogP contribution in [-0.2, 0) is 11.3 Å². The molecular weight excluding hydrogens is 336 g/mol. The van der Waals surface area contributed by atoms with Gasteiger partial charge in [-0.2, -0.15) is 0 Å². The number of amides is 2. The smallest absolute Gasteiger partial charge is 0.273 e. The molecule has 1 fully saturated rings. The molecule has 2 heterocycles. The number of carbonyl (C=O) groups excluding carboxylic acids is 2. The first-order valence-electron chi connectivity index (χ1n) is 8.03. The summed E-state index contributed by atoms with van der Waals surface area (Å²) in [4.78, 5) is 26.2. The molecule has 25 heavy (non-hydrogen) atoms. The fourth-order valence-corrected chi connectivity index (χ4v) is 3.62. The molecule has 4 rings (SSSR count). The Hall–Kier alpha value is -2.80. The molecule has 2 aromatic carbocycles. The Morgan fingerprint density at radius 2 is 2.08 bits per heavy atom. The largest absolute Gasteiger partial charge is 0.346 e. The molecule has 0 spiro atoms. The van der Waals surface area contributed by atoms with E-state index in [2.05, 4.69) is 33.1 Å². The van der Waals surface area contributed by atoms with Crippen LogP contribution in [0.2, 0.25) is 0 Å². The van der Waals surface area contributed by atoms with Crippen LogP contribution in [0.5, 0.6) is 0 Å². The third-order valence-electron chi connectivity index (χ3n) is 4.38. The van der Waals surface area contributed by atoms with Crippen LogP contribution in [0.15, 0.2) is 47.8 Å². The first kappa shape index (κ1) is 15.7. The summed E-state index contributed by atoms with van der Waals surface area (Å²) in [6.45, 7) is 1.05. The number of fused-ring (bicyclic) bond motifs is 1. The highest BCUT2D eigenvalue weighted by Gasteiger charge is 2.31. The monoisotopic (exact) mass is 352 g/mol. The Morgan fingerprint density at radius 1 is 1.24 bits per heavy atom. The van der Waals surface area contributed by atoms with Crippen molar-refractivity contribution in [3.05, 3.63) is 59.1 Å². The number of carbonyl (C=O) groups is 2. The van der Waals surface area contributed by atoms with E-state index in [1.165, 1.54) is 0 Å². The maximum absolute atomic E-state index is 12.3. The minimum Gasteiger partial charge on any atom is -0.346 e. The highest BCUT2D eigenvalue weighted by atomic mass is 32.1. The van der Waals surface area contributed by atoms with Gasteiger partial charge in [0.25, 0.3) is 5.91 Å². The van der Waals surface area contributed by atoms with Gasteiger partial charge in [-0.25, -0.2) is 0 Å². The lowest BCUT2D eigenvalue weighted by Gasteiger charge is -2.18. The summed E-state index contributed by atoms with van der Waals surface area (Å²) in [5.74, 6) is -0.229. The summed E-state index contributed by atoms with van der Waals surface area (Å²) in [5, 5.41) is 10.5. The van der Waals surface area contributed by atoms with Gasteiger partial charge in [0.1, 0.15) is 0 Å². The average Bonchev–Trinajstić information content (AvgIpc) is 3.26. The third kappa shape index (κ3) is 3.23. The highest BCUT2D eigenvalue weighted by Crippen LogP contribution is 2.22. The molecule has 0 bridgehead atoms. The average molecular weight is 352 g/mol. The van der Waals surface area contributed by atoms with E-state index in [0.717, 1.165) is 27.9 Å². The molecule has 1 atom stereocenters. The maximum atomic E-state index is 12.3. The second-order valence-corrected chi connectivity index (χ2v) is 6.69. The van der Waals surface area contributed by atoms with Crippen LogP contribution < -0.4 is 5.32 Å². The lowest BCUT2D eigenvalue weighted by Crippen LogP contribution is -2.37. The number of rotatable bonds is 4. The van der Waals surface area contributed by atoms with Crippen LogP contribution in [0.1, 0.15) is 22.5 Å².